The molecule has 0 unspecified atom stereocenters. The predicted molar refractivity (Wildman–Crippen MR) is 168 cm³/mol. The zero-order valence-electron chi connectivity index (χ0n) is 23.8. The fourth-order valence-corrected chi connectivity index (χ4v) is 6.24. The number of imidazole rings is 1. The first kappa shape index (κ1) is 26.2. The fraction of sp³-hybridized carbons (Fsp3) is 0.229. The van der Waals surface area contributed by atoms with Crippen LogP contribution in [0.25, 0.3) is 11.0 Å². The zero-order valence-corrected chi connectivity index (χ0v) is 23.8. The number of nitrogens with two attached hydrogens (primary N) is 1. The van der Waals surface area contributed by atoms with E-state index in [1.807, 2.05) is 43.3 Å². The van der Waals surface area contributed by atoms with Gasteiger partial charge in [-0.2, -0.15) is 0 Å². The lowest BCUT2D eigenvalue weighted by Gasteiger charge is -2.32. The number of aromatic nitrogens is 2. The molecule has 7 rings (SSSR count). The Morgan fingerprint density at radius 3 is 2.43 bits per heavy atom. The Bertz CT molecular complexity index is 1750. The number of hydrogen-bond acceptors (Lipinski definition) is 5. The van der Waals surface area contributed by atoms with Crippen molar-refractivity contribution in [1.29, 1.82) is 0 Å². The molecule has 0 radical (unpaired) electrons. The second kappa shape index (κ2) is 10.9. The molecule has 1 amide bonds. The van der Waals surface area contributed by atoms with E-state index in [9.17, 15) is 4.79 Å². The van der Waals surface area contributed by atoms with Gasteiger partial charge in [0.1, 0.15) is 11.7 Å². The standard InChI is InChI=1S/C35H34N6O/c1-23-19-32-27(20-29(23)33(36)42)22-41(28-7-3-2-4-8-28)35(39-32)26-13-11-24(12-14-26)21-40-17-15-25(16-18-40)34-37-30-9-5-6-10-31(30)38-34/h2-14,19-20,25H,15-18,21-22H2,1H3,(H2,36,42)(H,37,38). The molecule has 0 aliphatic carbocycles. The van der Waals surface area contributed by atoms with Crippen LogP contribution >= 0.6 is 0 Å². The van der Waals surface area contributed by atoms with Crippen LogP contribution in [0.15, 0.2) is 96.0 Å². The number of hydrogen-bond donors (Lipinski definition) is 2. The van der Waals surface area contributed by atoms with Crippen LogP contribution in [0, 0.1) is 6.92 Å². The monoisotopic (exact) mass is 554 g/mol. The van der Waals surface area contributed by atoms with Gasteiger partial charge in [0.2, 0.25) is 5.91 Å². The minimum Gasteiger partial charge on any atom is -0.366 e. The van der Waals surface area contributed by atoms with Crippen molar-refractivity contribution in [2.75, 3.05) is 18.0 Å². The number of rotatable bonds is 6. The van der Waals surface area contributed by atoms with E-state index in [4.69, 9.17) is 15.7 Å². The molecule has 3 N–H and O–H groups in total. The number of H-pyrrole nitrogens is 1. The number of aliphatic imine (C=N–C) groups is 1. The first-order valence-electron chi connectivity index (χ1n) is 14.6. The number of aromatic amines is 1. The van der Waals surface area contributed by atoms with Gasteiger partial charge in [0.05, 0.1) is 23.3 Å². The van der Waals surface area contributed by atoms with Gasteiger partial charge in [-0.1, -0.05) is 54.6 Å². The van der Waals surface area contributed by atoms with Gasteiger partial charge in [-0.25, -0.2) is 9.98 Å². The van der Waals surface area contributed by atoms with Crippen molar-refractivity contribution >= 4 is 34.2 Å². The third-order valence-corrected chi connectivity index (χ3v) is 8.57. The first-order chi connectivity index (χ1) is 20.5. The molecule has 2 aliphatic heterocycles. The number of nitrogens with one attached hydrogen (secondary N) is 1. The summed E-state index contributed by atoms with van der Waals surface area (Å²) in [6, 6.07) is 31.2. The summed E-state index contributed by atoms with van der Waals surface area (Å²) in [6.07, 6.45) is 2.22. The van der Waals surface area contributed by atoms with Crippen molar-refractivity contribution in [3.8, 4) is 0 Å². The van der Waals surface area contributed by atoms with E-state index in [0.29, 0.717) is 18.0 Å². The molecule has 2 aliphatic rings. The van der Waals surface area contributed by atoms with Crippen molar-refractivity contribution in [3.63, 3.8) is 0 Å². The Hall–Kier alpha value is -4.75. The first-order valence-corrected chi connectivity index (χ1v) is 14.6. The number of benzene rings is 4. The van der Waals surface area contributed by atoms with Gasteiger partial charge < -0.3 is 15.6 Å². The number of carbonyl (C=O) groups excluding carboxylic acids is 1. The van der Waals surface area contributed by atoms with Gasteiger partial charge in [-0.3, -0.25) is 9.69 Å². The third kappa shape index (κ3) is 5.08. The highest BCUT2D eigenvalue weighted by Gasteiger charge is 2.25. The van der Waals surface area contributed by atoms with Crippen LogP contribution in [0.5, 0.6) is 0 Å². The van der Waals surface area contributed by atoms with Crippen LogP contribution < -0.4 is 10.6 Å². The van der Waals surface area contributed by atoms with E-state index < -0.39 is 5.91 Å². The molecule has 1 fully saturated rings. The quantitative estimate of drug-likeness (QED) is 0.252. The summed E-state index contributed by atoms with van der Waals surface area (Å²) in [5.41, 5.74) is 14.5. The smallest absolute Gasteiger partial charge is 0.248 e. The number of carbonyl (C=O) groups is 1. The Morgan fingerprint density at radius 1 is 0.952 bits per heavy atom. The number of amidine groups is 1. The number of anilines is 1. The normalized spacial score (nSPS) is 15.9. The largest absolute Gasteiger partial charge is 0.366 e. The van der Waals surface area contributed by atoms with Gasteiger partial charge in [0, 0.05) is 29.3 Å². The molecule has 3 heterocycles. The molecule has 4 aromatic carbocycles. The Kier molecular flexibility index (Phi) is 6.80. The number of primary amides is 1. The highest BCUT2D eigenvalue weighted by molar-refractivity contribution is 6.12. The van der Waals surface area contributed by atoms with Gasteiger partial charge in [-0.05, 0) is 85.9 Å². The number of fused-ring (bicyclic) bond motifs is 2. The van der Waals surface area contributed by atoms with Gasteiger partial charge in [0.25, 0.3) is 0 Å². The molecule has 1 aromatic heterocycles. The molecule has 210 valence electrons. The SMILES string of the molecule is Cc1cc2c(cc1C(N)=O)CN(c1ccccc1)C(c1ccc(CN3CCC(c4nc5ccccc5[nH]4)CC3)cc1)=N2. The van der Waals surface area contributed by atoms with Crippen molar-refractivity contribution in [1.82, 2.24) is 14.9 Å². The van der Waals surface area contributed by atoms with E-state index in [-0.39, 0.29) is 0 Å². The molecule has 0 spiro atoms. The minimum atomic E-state index is -0.411. The highest BCUT2D eigenvalue weighted by atomic mass is 16.1. The van der Waals surface area contributed by atoms with Crippen LogP contribution in [-0.4, -0.2) is 39.7 Å². The summed E-state index contributed by atoms with van der Waals surface area (Å²) in [5, 5.41) is 0. The fourth-order valence-electron chi connectivity index (χ4n) is 6.24. The molecular formula is C35H34N6O. The lowest BCUT2D eigenvalue weighted by atomic mass is 9.95. The number of amides is 1. The van der Waals surface area contributed by atoms with Gasteiger partial charge in [-0.15, -0.1) is 0 Å². The van der Waals surface area contributed by atoms with E-state index >= 15 is 0 Å². The van der Waals surface area contributed by atoms with Crippen molar-refractivity contribution in [2.24, 2.45) is 10.7 Å². The lowest BCUT2D eigenvalue weighted by Crippen LogP contribution is -2.34. The van der Waals surface area contributed by atoms with Crippen LogP contribution in [-0.2, 0) is 13.1 Å². The summed E-state index contributed by atoms with van der Waals surface area (Å²) >= 11 is 0. The Morgan fingerprint density at radius 2 is 1.69 bits per heavy atom. The number of para-hydroxylation sites is 3. The topological polar surface area (TPSA) is 90.6 Å². The maximum Gasteiger partial charge on any atom is 0.248 e. The predicted octanol–water partition coefficient (Wildman–Crippen LogP) is 6.45. The van der Waals surface area contributed by atoms with Crippen molar-refractivity contribution in [3.05, 3.63) is 125 Å². The minimum absolute atomic E-state index is 0.411. The third-order valence-electron chi connectivity index (χ3n) is 8.57. The van der Waals surface area contributed by atoms with E-state index in [0.717, 1.165) is 83.2 Å². The average molecular weight is 555 g/mol. The van der Waals surface area contributed by atoms with Crippen molar-refractivity contribution in [2.45, 2.75) is 38.8 Å². The average Bonchev–Trinajstić information content (AvgIpc) is 3.46. The summed E-state index contributed by atoms with van der Waals surface area (Å²) in [4.78, 5) is 30.2. The Balaban J connectivity index is 1.09. The molecule has 7 heteroatoms. The van der Waals surface area contributed by atoms with E-state index in [1.165, 1.54) is 5.56 Å². The lowest BCUT2D eigenvalue weighted by molar-refractivity contribution is 0.0999. The Labute approximate surface area is 245 Å². The van der Waals surface area contributed by atoms with Crippen LogP contribution in [0.4, 0.5) is 11.4 Å². The zero-order chi connectivity index (χ0) is 28.6. The van der Waals surface area contributed by atoms with Crippen LogP contribution in [0.3, 0.4) is 0 Å². The van der Waals surface area contributed by atoms with E-state index in [2.05, 4.69) is 69.4 Å². The van der Waals surface area contributed by atoms with Gasteiger partial charge >= 0.3 is 0 Å². The number of nitrogens with zero attached hydrogens (tertiary/aromatic N) is 4. The molecule has 0 saturated carbocycles. The maximum absolute atomic E-state index is 12.0. The second-order valence-electron chi connectivity index (χ2n) is 11.4. The highest BCUT2D eigenvalue weighted by Crippen LogP contribution is 2.34. The number of piperidine rings is 1. The molecule has 7 nitrogen and oxygen atoms in total. The summed E-state index contributed by atoms with van der Waals surface area (Å²) in [7, 11) is 0. The molecule has 0 bridgehead atoms. The molecule has 5 aromatic rings. The van der Waals surface area contributed by atoms with Crippen LogP contribution in [0.1, 0.15) is 57.2 Å². The van der Waals surface area contributed by atoms with E-state index in [1.54, 1.807) is 0 Å². The molecule has 0 atom stereocenters. The van der Waals surface area contributed by atoms with Gasteiger partial charge in [0.15, 0.2) is 0 Å². The van der Waals surface area contributed by atoms with Crippen molar-refractivity contribution < 1.29 is 4.79 Å². The number of likely N-dealkylation sites (tertiary alicyclic amines) is 1. The summed E-state index contributed by atoms with van der Waals surface area (Å²) in [5.74, 6) is 2.10. The molecule has 1 saturated heterocycles. The summed E-state index contributed by atoms with van der Waals surface area (Å²) < 4.78 is 0. The second-order valence-corrected chi connectivity index (χ2v) is 11.4. The number of aryl methyl sites for hydroxylation is 1. The molecule has 42 heavy (non-hydrogen) atoms. The summed E-state index contributed by atoms with van der Waals surface area (Å²) in [6.45, 7) is 5.57. The maximum atomic E-state index is 12.0. The van der Waals surface area contributed by atoms with Crippen LogP contribution in [0.2, 0.25) is 0 Å². The molecular weight excluding hydrogens is 520 g/mol.